The van der Waals surface area contributed by atoms with E-state index in [0.29, 0.717) is 37.3 Å². The monoisotopic (exact) mass is 331 g/mol. The summed E-state index contributed by atoms with van der Waals surface area (Å²) in [6.07, 6.45) is 1.76. The van der Waals surface area contributed by atoms with E-state index in [1.54, 1.807) is 17.7 Å². The maximum absolute atomic E-state index is 13.1. The van der Waals surface area contributed by atoms with Crippen LogP contribution < -0.4 is 5.32 Å². The van der Waals surface area contributed by atoms with Crippen LogP contribution in [-0.2, 0) is 17.8 Å². The molecule has 0 atom stereocenters. The highest BCUT2D eigenvalue weighted by atomic mass is 19.1. The molecule has 8 nitrogen and oxygen atoms in total. The minimum atomic E-state index is -0.289. The van der Waals surface area contributed by atoms with E-state index < -0.39 is 0 Å². The second-order valence-electron chi connectivity index (χ2n) is 5.50. The lowest BCUT2D eigenvalue weighted by atomic mass is 10.3. The van der Waals surface area contributed by atoms with Crippen molar-refractivity contribution >= 4 is 16.9 Å². The number of aryl methyl sites for hydroxylation is 3. The van der Waals surface area contributed by atoms with Gasteiger partial charge in [0, 0.05) is 19.4 Å². The Kier molecular flexibility index (Phi) is 4.78. The molecule has 9 heteroatoms. The lowest BCUT2D eigenvalue weighted by Crippen LogP contribution is -2.26. The molecular weight excluding hydrogens is 313 g/mol. The average molecular weight is 331 g/mol. The molecule has 2 heterocycles. The first-order valence-electron chi connectivity index (χ1n) is 7.75. The molecule has 0 aliphatic rings. The fourth-order valence-corrected chi connectivity index (χ4v) is 2.39. The van der Waals surface area contributed by atoms with Crippen molar-refractivity contribution in [3.63, 3.8) is 0 Å². The molecule has 0 radical (unpaired) electrons. The Bertz CT molecular complexity index is 841. The summed E-state index contributed by atoms with van der Waals surface area (Å²) in [5, 5.41) is 13.9. The van der Waals surface area contributed by atoms with E-state index in [4.69, 9.17) is 0 Å². The molecule has 0 aliphatic heterocycles. The number of carbonyl (C=O) groups excluding carboxylic acids is 1. The quantitative estimate of drug-likeness (QED) is 0.632. The number of fused-ring (bicyclic) bond motifs is 1. The minimum Gasteiger partial charge on any atom is -0.356 e. The highest BCUT2D eigenvalue weighted by molar-refractivity contribution is 5.76. The van der Waals surface area contributed by atoms with E-state index in [9.17, 15) is 9.18 Å². The molecule has 0 spiro atoms. The van der Waals surface area contributed by atoms with E-state index in [-0.39, 0.29) is 11.7 Å². The van der Waals surface area contributed by atoms with E-state index in [0.717, 1.165) is 17.8 Å². The topological polar surface area (TPSA) is 101 Å². The number of halogens is 1. The van der Waals surface area contributed by atoms with Crippen LogP contribution in [0.5, 0.6) is 0 Å². The number of nitrogens with zero attached hydrogens (tertiary/aromatic N) is 5. The standard InChI is InChI=1S/C15H18FN7O/c1-10-20-21-22-23(10)8-6-15(24)17-7-2-3-14-18-12-5-4-11(16)9-13(12)19-14/h4-5,9H,2-3,6-8H2,1H3,(H,17,24)(H,18,19). The van der Waals surface area contributed by atoms with Gasteiger partial charge in [-0.3, -0.25) is 4.79 Å². The van der Waals surface area contributed by atoms with Crippen LogP contribution in [0.1, 0.15) is 24.5 Å². The summed E-state index contributed by atoms with van der Waals surface area (Å²) in [7, 11) is 0. The van der Waals surface area contributed by atoms with Crippen LogP contribution in [0.25, 0.3) is 11.0 Å². The van der Waals surface area contributed by atoms with Gasteiger partial charge in [0.2, 0.25) is 5.91 Å². The van der Waals surface area contributed by atoms with Crippen molar-refractivity contribution in [2.45, 2.75) is 32.7 Å². The third-order valence-corrected chi connectivity index (χ3v) is 3.67. The number of nitrogens with one attached hydrogen (secondary N) is 2. The zero-order valence-electron chi connectivity index (χ0n) is 13.3. The van der Waals surface area contributed by atoms with Gasteiger partial charge in [-0.05, 0) is 42.0 Å². The van der Waals surface area contributed by atoms with Gasteiger partial charge in [-0.25, -0.2) is 14.1 Å². The number of hydrogen-bond donors (Lipinski definition) is 2. The largest absolute Gasteiger partial charge is 0.356 e. The summed E-state index contributed by atoms with van der Waals surface area (Å²) in [4.78, 5) is 19.3. The van der Waals surface area contributed by atoms with Crippen molar-refractivity contribution in [2.75, 3.05) is 6.54 Å². The molecule has 0 saturated carbocycles. The summed E-state index contributed by atoms with van der Waals surface area (Å²) in [5.41, 5.74) is 1.43. The van der Waals surface area contributed by atoms with Crippen molar-refractivity contribution in [2.24, 2.45) is 0 Å². The van der Waals surface area contributed by atoms with Gasteiger partial charge < -0.3 is 10.3 Å². The van der Waals surface area contributed by atoms with Gasteiger partial charge in [-0.1, -0.05) is 0 Å². The Morgan fingerprint density at radius 1 is 1.42 bits per heavy atom. The average Bonchev–Trinajstić information content (AvgIpc) is 3.14. The number of H-pyrrole nitrogens is 1. The number of tetrazole rings is 1. The number of benzene rings is 1. The molecule has 0 aliphatic carbocycles. The number of amides is 1. The summed E-state index contributed by atoms with van der Waals surface area (Å²) in [5.74, 6) is 1.14. The molecule has 3 aromatic rings. The second-order valence-corrected chi connectivity index (χ2v) is 5.50. The number of aromatic nitrogens is 6. The Morgan fingerprint density at radius 3 is 3.08 bits per heavy atom. The van der Waals surface area contributed by atoms with Gasteiger partial charge in [0.25, 0.3) is 0 Å². The second kappa shape index (κ2) is 7.16. The number of carbonyl (C=O) groups is 1. The SMILES string of the molecule is Cc1nnnn1CCC(=O)NCCCc1nc2ccc(F)cc2[nH]1. The van der Waals surface area contributed by atoms with E-state index in [2.05, 4.69) is 30.8 Å². The van der Waals surface area contributed by atoms with Crippen LogP contribution in [0.3, 0.4) is 0 Å². The minimum absolute atomic E-state index is 0.0448. The number of hydrogen-bond acceptors (Lipinski definition) is 5. The maximum Gasteiger partial charge on any atom is 0.221 e. The van der Waals surface area contributed by atoms with Crippen LogP contribution in [0, 0.1) is 12.7 Å². The summed E-state index contributed by atoms with van der Waals surface area (Å²) >= 11 is 0. The van der Waals surface area contributed by atoms with Gasteiger partial charge in [0.15, 0.2) is 0 Å². The number of aromatic amines is 1. The molecule has 0 fully saturated rings. The molecular formula is C15H18FN7O. The molecule has 0 unspecified atom stereocenters. The van der Waals surface area contributed by atoms with Crippen LogP contribution in [0.4, 0.5) is 4.39 Å². The first-order valence-corrected chi connectivity index (χ1v) is 7.75. The molecule has 24 heavy (non-hydrogen) atoms. The maximum atomic E-state index is 13.1. The molecule has 0 bridgehead atoms. The van der Waals surface area contributed by atoms with Crippen LogP contribution in [-0.4, -0.2) is 42.6 Å². The Labute approximate surface area is 137 Å². The molecule has 2 N–H and O–H groups in total. The molecule has 3 rings (SSSR count). The van der Waals surface area contributed by atoms with Gasteiger partial charge in [0.05, 0.1) is 17.6 Å². The first kappa shape index (κ1) is 16.0. The lowest BCUT2D eigenvalue weighted by Gasteiger charge is -2.04. The highest BCUT2D eigenvalue weighted by Crippen LogP contribution is 2.13. The van der Waals surface area contributed by atoms with E-state index in [1.165, 1.54) is 12.1 Å². The summed E-state index contributed by atoms with van der Waals surface area (Å²) in [6, 6.07) is 4.46. The van der Waals surface area contributed by atoms with Crippen LogP contribution in [0.15, 0.2) is 18.2 Å². The highest BCUT2D eigenvalue weighted by Gasteiger charge is 2.06. The third kappa shape index (κ3) is 3.92. The van der Waals surface area contributed by atoms with Gasteiger partial charge >= 0.3 is 0 Å². The fourth-order valence-electron chi connectivity index (χ4n) is 2.39. The molecule has 0 saturated heterocycles. The molecule has 1 amide bonds. The van der Waals surface area contributed by atoms with Crippen molar-refractivity contribution in [1.29, 1.82) is 0 Å². The summed E-state index contributed by atoms with van der Waals surface area (Å²) in [6.45, 7) is 2.80. The van der Waals surface area contributed by atoms with Crippen LogP contribution in [0.2, 0.25) is 0 Å². The smallest absolute Gasteiger partial charge is 0.221 e. The van der Waals surface area contributed by atoms with Gasteiger partial charge in [0.1, 0.15) is 17.5 Å². The third-order valence-electron chi connectivity index (χ3n) is 3.67. The zero-order valence-corrected chi connectivity index (χ0v) is 13.3. The zero-order chi connectivity index (χ0) is 16.9. The van der Waals surface area contributed by atoms with Crippen molar-refractivity contribution in [3.8, 4) is 0 Å². The lowest BCUT2D eigenvalue weighted by molar-refractivity contribution is -0.121. The normalized spacial score (nSPS) is 11.1. The number of rotatable bonds is 7. The predicted molar refractivity (Wildman–Crippen MR) is 84.6 cm³/mol. The first-order chi connectivity index (χ1) is 11.6. The molecule has 126 valence electrons. The van der Waals surface area contributed by atoms with Gasteiger partial charge in [-0.15, -0.1) is 5.10 Å². The van der Waals surface area contributed by atoms with Crippen molar-refractivity contribution < 1.29 is 9.18 Å². The number of imidazole rings is 1. The summed E-state index contributed by atoms with van der Waals surface area (Å²) < 4.78 is 14.7. The van der Waals surface area contributed by atoms with Crippen molar-refractivity contribution in [3.05, 3.63) is 35.7 Å². The van der Waals surface area contributed by atoms with Crippen molar-refractivity contribution in [1.82, 2.24) is 35.5 Å². The van der Waals surface area contributed by atoms with Crippen LogP contribution >= 0.6 is 0 Å². The Morgan fingerprint density at radius 2 is 2.29 bits per heavy atom. The van der Waals surface area contributed by atoms with E-state index >= 15 is 0 Å². The predicted octanol–water partition coefficient (Wildman–Crippen LogP) is 1.14. The Hall–Kier alpha value is -2.84. The van der Waals surface area contributed by atoms with Gasteiger partial charge in [-0.2, -0.15) is 0 Å². The molecule has 2 aromatic heterocycles. The Balaban J connectivity index is 1.39. The fraction of sp³-hybridized carbons (Fsp3) is 0.400. The molecule has 1 aromatic carbocycles. The van der Waals surface area contributed by atoms with E-state index in [1.807, 2.05) is 0 Å².